The number of unbranched alkanes of at least 4 members (excludes halogenated alkanes) is 3. The van der Waals surface area contributed by atoms with Crippen molar-refractivity contribution in [3.8, 4) is 0 Å². The molecule has 0 saturated carbocycles. The number of thioether (sulfide) groups is 1. The van der Waals surface area contributed by atoms with Crippen molar-refractivity contribution in [2.24, 2.45) is 0 Å². The number of hydrogen-bond donors (Lipinski definition) is 3. The molecule has 1 unspecified atom stereocenters. The largest absolute Gasteiger partial charge is 0.364 e. The highest BCUT2D eigenvalue weighted by Gasteiger charge is 2.26. The molecule has 0 aliphatic carbocycles. The van der Waals surface area contributed by atoms with Gasteiger partial charge in [0.05, 0.1) is 0 Å². The van der Waals surface area contributed by atoms with Crippen LogP contribution in [0.2, 0.25) is 0 Å². The average Bonchev–Trinajstić information content (AvgIpc) is 2.86. The summed E-state index contributed by atoms with van der Waals surface area (Å²) in [4.78, 5) is 13.1. The minimum atomic E-state index is -0.185. The van der Waals surface area contributed by atoms with Crippen LogP contribution in [0.15, 0.2) is 29.2 Å². The quantitative estimate of drug-likeness (QED) is 0.535. The molecule has 1 aromatic rings. The molecular weight excluding hydrogens is 276 g/mol. The van der Waals surface area contributed by atoms with E-state index in [1.807, 2.05) is 24.3 Å². The normalized spacial score (nSPS) is 16.8. The van der Waals surface area contributed by atoms with Gasteiger partial charge >= 0.3 is 0 Å². The van der Waals surface area contributed by atoms with Crippen molar-refractivity contribution in [2.75, 3.05) is 17.6 Å². The van der Waals surface area contributed by atoms with Gasteiger partial charge in [-0.25, -0.2) is 0 Å². The highest BCUT2D eigenvalue weighted by molar-refractivity contribution is 8.01. The predicted octanol–water partition coefficient (Wildman–Crippen LogP) is 3.14. The van der Waals surface area contributed by atoms with E-state index in [1.165, 1.54) is 6.42 Å². The molecule has 0 fully saturated rings. The van der Waals surface area contributed by atoms with Crippen molar-refractivity contribution in [3.05, 3.63) is 24.3 Å². The molecule has 5 heteroatoms. The fourth-order valence-electron chi connectivity index (χ4n) is 2.00. The second kappa shape index (κ2) is 7.70. The van der Waals surface area contributed by atoms with Crippen molar-refractivity contribution >= 4 is 36.0 Å². The van der Waals surface area contributed by atoms with Crippen LogP contribution in [0.5, 0.6) is 0 Å². The zero-order valence-corrected chi connectivity index (χ0v) is 12.6. The summed E-state index contributed by atoms with van der Waals surface area (Å²) < 4.78 is 0. The third-order valence-corrected chi connectivity index (χ3v) is 4.53. The second-order valence-electron chi connectivity index (χ2n) is 4.57. The summed E-state index contributed by atoms with van der Waals surface area (Å²) in [5.74, 6) is 1.03. The zero-order chi connectivity index (χ0) is 13.5. The Labute approximate surface area is 124 Å². The third-order valence-electron chi connectivity index (χ3n) is 3.04. The van der Waals surface area contributed by atoms with Gasteiger partial charge in [-0.05, 0) is 30.7 Å². The Balaban J connectivity index is 1.66. The summed E-state index contributed by atoms with van der Waals surface area (Å²) in [5.41, 5.74) is 1.06. The lowest BCUT2D eigenvalue weighted by molar-refractivity contribution is -0.120. The number of rotatable bonds is 7. The summed E-state index contributed by atoms with van der Waals surface area (Å²) >= 11 is 5.76. The molecule has 2 rings (SSSR count). The Morgan fingerprint density at radius 1 is 1.26 bits per heavy atom. The van der Waals surface area contributed by atoms with Crippen LogP contribution in [-0.4, -0.2) is 23.6 Å². The van der Waals surface area contributed by atoms with Crippen LogP contribution >= 0.6 is 24.4 Å². The van der Waals surface area contributed by atoms with E-state index in [4.69, 9.17) is 0 Å². The fourth-order valence-corrected chi connectivity index (χ4v) is 3.26. The first kappa shape index (κ1) is 14.6. The lowest BCUT2D eigenvalue weighted by Crippen LogP contribution is -2.36. The number of nitrogens with one attached hydrogen (secondary N) is 2. The van der Waals surface area contributed by atoms with E-state index in [2.05, 4.69) is 23.3 Å². The molecule has 1 aliphatic rings. The smallest absolute Gasteiger partial charge is 0.253 e. The van der Waals surface area contributed by atoms with E-state index in [9.17, 15) is 4.79 Å². The number of hydrogen-bond acceptors (Lipinski definition) is 4. The molecule has 19 heavy (non-hydrogen) atoms. The lowest BCUT2D eigenvalue weighted by Gasteiger charge is -2.11. The van der Waals surface area contributed by atoms with Crippen molar-refractivity contribution in [1.29, 1.82) is 0 Å². The van der Waals surface area contributed by atoms with Crippen molar-refractivity contribution in [1.82, 2.24) is 5.32 Å². The van der Waals surface area contributed by atoms with E-state index >= 15 is 0 Å². The maximum atomic E-state index is 12.0. The van der Waals surface area contributed by atoms with Crippen LogP contribution in [0.1, 0.15) is 25.7 Å². The fraction of sp³-hybridized carbons (Fsp3) is 0.500. The predicted molar refractivity (Wildman–Crippen MR) is 85.0 cm³/mol. The summed E-state index contributed by atoms with van der Waals surface area (Å²) in [7, 11) is 0. The van der Waals surface area contributed by atoms with Gasteiger partial charge in [-0.1, -0.05) is 36.7 Å². The van der Waals surface area contributed by atoms with Crippen LogP contribution in [-0.2, 0) is 4.79 Å². The zero-order valence-electron chi connectivity index (χ0n) is 10.9. The topological polar surface area (TPSA) is 41.1 Å². The van der Waals surface area contributed by atoms with E-state index in [0.29, 0.717) is 0 Å². The number of thiol groups is 1. The van der Waals surface area contributed by atoms with Gasteiger partial charge in [0.1, 0.15) is 0 Å². The van der Waals surface area contributed by atoms with Crippen LogP contribution in [0.3, 0.4) is 0 Å². The van der Waals surface area contributed by atoms with Gasteiger partial charge in [-0.15, -0.1) is 0 Å². The number of amides is 1. The molecule has 0 saturated heterocycles. The maximum Gasteiger partial charge on any atom is 0.253 e. The number of anilines is 1. The number of benzene rings is 1. The molecule has 0 radical (unpaired) electrons. The number of carbonyl (C=O) groups excluding carboxylic acids is 1. The van der Waals surface area contributed by atoms with Gasteiger partial charge in [0.15, 0.2) is 5.37 Å². The van der Waals surface area contributed by atoms with Crippen molar-refractivity contribution < 1.29 is 4.79 Å². The molecule has 0 bridgehead atoms. The number of para-hydroxylation sites is 1. The first-order valence-electron chi connectivity index (χ1n) is 6.72. The van der Waals surface area contributed by atoms with Gasteiger partial charge in [-0.2, -0.15) is 12.6 Å². The first-order chi connectivity index (χ1) is 9.31. The summed E-state index contributed by atoms with van der Waals surface area (Å²) in [6.07, 6.45) is 4.56. The van der Waals surface area contributed by atoms with Crippen LogP contribution in [0, 0.1) is 0 Å². The highest BCUT2D eigenvalue weighted by atomic mass is 32.2. The summed E-state index contributed by atoms with van der Waals surface area (Å²) in [6, 6.07) is 8.02. The Morgan fingerprint density at radius 3 is 2.84 bits per heavy atom. The molecule has 1 heterocycles. The molecule has 3 nitrogen and oxygen atoms in total. The lowest BCUT2D eigenvalue weighted by atomic mass is 10.2. The molecule has 1 aromatic carbocycles. The minimum absolute atomic E-state index is 0.0791. The Bertz CT molecular complexity index is 401. The van der Waals surface area contributed by atoms with E-state index in [0.717, 1.165) is 42.1 Å². The Morgan fingerprint density at radius 2 is 2.05 bits per heavy atom. The summed E-state index contributed by atoms with van der Waals surface area (Å²) in [5, 5.41) is 6.05. The van der Waals surface area contributed by atoms with Crippen LogP contribution < -0.4 is 10.6 Å². The SMILES string of the molecule is O=C(NCCCCCCS)C1Nc2ccccc2S1. The van der Waals surface area contributed by atoms with Gasteiger partial charge in [0, 0.05) is 17.1 Å². The molecule has 1 aliphatic heterocycles. The number of carbonyl (C=O) groups is 1. The van der Waals surface area contributed by atoms with E-state index < -0.39 is 0 Å². The van der Waals surface area contributed by atoms with E-state index in [1.54, 1.807) is 11.8 Å². The third kappa shape index (κ3) is 4.35. The van der Waals surface area contributed by atoms with Crippen LogP contribution in [0.4, 0.5) is 5.69 Å². The minimum Gasteiger partial charge on any atom is -0.364 e. The van der Waals surface area contributed by atoms with E-state index in [-0.39, 0.29) is 11.3 Å². The van der Waals surface area contributed by atoms with Gasteiger partial charge in [0.25, 0.3) is 5.91 Å². The first-order valence-corrected chi connectivity index (χ1v) is 8.23. The van der Waals surface area contributed by atoms with Crippen molar-refractivity contribution in [2.45, 2.75) is 36.0 Å². The maximum absolute atomic E-state index is 12.0. The Kier molecular flexibility index (Phi) is 5.92. The Hall–Kier alpha value is -0.810. The standard InChI is InChI=1S/C14H20N2OS2/c17-13(15-9-5-1-2-6-10-18)14-16-11-7-3-4-8-12(11)19-14/h3-4,7-8,14,16,18H,1-2,5-6,9-10H2,(H,15,17). The average molecular weight is 296 g/mol. The van der Waals surface area contributed by atoms with Gasteiger partial charge < -0.3 is 10.6 Å². The molecule has 2 N–H and O–H groups in total. The van der Waals surface area contributed by atoms with Crippen LogP contribution in [0.25, 0.3) is 0 Å². The molecule has 0 spiro atoms. The van der Waals surface area contributed by atoms with Crippen molar-refractivity contribution in [3.63, 3.8) is 0 Å². The highest BCUT2D eigenvalue weighted by Crippen LogP contribution is 2.37. The monoisotopic (exact) mass is 296 g/mol. The number of fused-ring (bicyclic) bond motifs is 1. The van der Waals surface area contributed by atoms with Gasteiger partial charge in [-0.3, -0.25) is 4.79 Å². The molecule has 104 valence electrons. The molecular formula is C14H20N2OS2. The summed E-state index contributed by atoms with van der Waals surface area (Å²) in [6.45, 7) is 0.764. The molecule has 0 aromatic heterocycles. The molecule has 1 amide bonds. The second-order valence-corrected chi connectivity index (χ2v) is 6.16. The van der Waals surface area contributed by atoms with Gasteiger partial charge in [0.2, 0.25) is 0 Å². The molecule has 1 atom stereocenters.